The Balaban J connectivity index is 2.18. The molecule has 3 N–H and O–H groups in total. The van der Waals surface area contributed by atoms with Gasteiger partial charge in [0, 0.05) is 13.1 Å². The number of aromatic nitrogens is 1. The number of hydrogen-bond donors (Lipinski definition) is 2. The first-order valence-electron chi connectivity index (χ1n) is 6.61. The average Bonchev–Trinajstić information content (AvgIpc) is 2.85. The van der Waals surface area contributed by atoms with Gasteiger partial charge < -0.3 is 15.7 Å². The second kappa shape index (κ2) is 5.11. The second-order valence-corrected chi connectivity index (χ2v) is 5.57. The Bertz CT molecular complexity index is 527. The van der Waals surface area contributed by atoms with Gasteiger partial charge in [0.15, 0.2) is 0 Å². The number of carbonyl (C=O) groups is 2. The molecule has 0 spiro atoms. The Morgan fingerprint density at radius 2 is 2.15 bits per heavy atom. The number of carbonyl (C=O) groups excluding carboxylic acids is 1. The summed E-state index contributed by atoms with van der Waals surface area (Å²) in [5.41, 5.74) is 5.47. The van der Waals surface area contributed by atoms with Gasteiger partial charge in [-0.25, -0.2) is 4.98 Å². The number of nitrogen functional groups attached to an aromatic ring is 1. The topological polar surface area (TPSA) is 96.5 Å². The minimum Gasteiger partial charge on any atom is -0.481 e. The van der Waals surface area contributed by atoms with Gasteiger partial charge in [-0.2, -0.15) is 0 Å². The van der Waals surface area contributed by atoms with Gasteiger partial charge in [-0.1, -0.05) is 13.8 Å². The van der Waals surface area contributed by atoms with Crippen LogP contribution in [0.25, 0.3) is 0 Å². The van der Waals surface area contributed by atoms with Gasteiger partial charge in [0.2, 0.25) is 0 Å². The number of amides is 1. The Morgan fingerprint density at radius 1 is 1.45 bits per heavy atom. The van der Waals surface area contributed by atoms with Gasteiger partial charge in [-0.3, -0.25) is 9.59 Å². The standard InChI is InChI=1S/C14H19N3O3/c1-9(2)14(13(19)20)5-6-17(8-14)12(18)11-4-3-10(15)7-16-11/h3-4,7,9H,5-6,8,15H2,1-2H3,(H,19,20). The molecule has 20 heavy (non-hydrogen) atoms. The maximum Gasteiger partial charge on any atom is 0.311 e. The first-order chi connectivity index (χ1) is 9.36. The maximum atomic E-state index is 12.3. The van der Waals surface area contributed by atoms with Crippen LogP contribution in [-0.2, 0) is 4.79 Å². The number of rotatable bonds is 3. The zero-order chi connectivity index (χ0) is 14.9. The van der Waals surface area contributed by atoms with Crippen molar-refractivity contribution in [2.75, 3.05) is 18.8 Å². The second-order valence-electron chi connectivity index (χ2n) is 5.57. The third-order valence-corrected chi connectivity index (χ3v) is 4.12. The first-order valence-corrected chi connectivity index (χ1v) is 6.61. The number of nitrogens with two attached hydrogens (primary N) is 1. The molecule has 108 valence electrons. The van der Waals surface area contributed by atoms with E-state index in [0.29, 0.717) is 24.3 Å². The summed E-state index contributed by atoms with van der Waals surface area (Å²) < 4.78 is 0. The molecule has 6 heteroatoms. The number of carboxylic acid groups (broad SMARTS) is 1. The molecule has 0 radical (unpaired) electrons. The molecule has 0 aliphatic carbocycles. The van der Waals surface area contributed by atoms with Crippen molar-refractivity contribution in [3.05, 3.63) is 24.0 Å². The molecular weight excluding hydrogens is 258 g/mol. The molecule has 6 nitrogen and oxygen atoms in total. The molecule has 1 aromatic heterocycles. The number of pyridine rings is 1. The number of nitrogens with zero attached hydrogens (tertiary/aromatic N) is 2. The molecule has 2 heterocycles. The Morgan fingerprint density at radius 3 is 2.60 bits per heavy atom. The molecule has 1 aliphatic rings. The third kappa shape index (κ3) is 2.33. The normalized spacial score (nSPS) is 22.2. The summed E-state index contributed by atoms with van der Waals surface area (Å²) in [6, 6.07) is 3.18. The van der Waals surface area contributed by atoms with Crippen molar-refractivity contribution in [1.82, 2.24) is 9.88 Å². The van der Waals surface area contributed by atoms with Crippen LogP contribution in [0, 0.1) is 11.3 Å². The minimum absolute atomic E-state index is 0.0304. The minimum atomic E-state index is -0.858. The van der Waals surface area contributed by atoms with Crippen LogP contribution in [0.5, 0.6) is 0 Å². The van der Waals surface area contributed by atoms with Crippen molar-refractivity contribution in [3.63, 3.8) is 0 Å². The van der Waals surface area contributed by atoms with Crippen LogP contribution in [0.1, 0.15) is 30.8 Å². The predicted molar refractivity (Wildman–Crippen MR) is 74.1 cm³/mol. The van der Waals surface area contributed by atoms with Crippen molar-refractivity contribution in [2.24, 2.45) is 11.3 Å². The molecule has 1 atom stereocenters. The van der Waals surface area contributed by atoms with Crippen molar-refractivity contribution in [2.45, 2.75) is 20.3 Å². The molecule has 0 bridgehead atoms. The summed E-state index contributed by atoms with van der Waals surface area (Å²) in [5.74, 6) is -1.11. The number of hydrogen-bond acceptors (Lipinski definition) is 4. The number of anilines is 1. The molecule has 0 saturated carbocycles. The Kier molecular flexibility index (Phi) is 3.65. The fraction of sp³-hybridized carbons (Fsp3) is 0.500. The lowest BCUT2D eigenvalue weighted by Crippen LogP contribution is -2.40. The van der Waals surface area contributed by atoms with Gasteiger partial charge in [-0.05, 0) is 24.5 Å². The van der Waals surface area contributed by atoms with E-state index in [9.17, 15) is 14.7 Å². The summed E-state index contributed by atoms with van der Waals surface area (Å²) in [5, 5.41) is 9.47. The van der Waals surface area contributed by atoms with Crippen molar-refractivity contribution in [3.8, 4) is 0 Å². The van der Waals surface area contributed by atoms with Crippen LogP contribution < -0.4 is 5.73 Å². The van der Waals surface area contributed by atoms with E-state index < -0.39 is 11.4 Å². The van der Waals surface area contributed by atoms with Crippen LogP contribution in [-0.4, -0.2) is 40.0 Å². The molecular formula is C14H19N3O3. The monoisotopic (exact) mass is 277 g/mol. The molecule has 1 aromatic rings. The molecule has 1 unspecified atom stereocenters. The lowest BCUT2D eigenvalue weighted by molar-refractivity contribution is -0.150. The van der Waals surface area contributed by atoms with E-state index in [1.807, 2.05) is 13.8 Å². The predicted octanol–water partition coefficient (Wildman–Crippen LogP) is 1.24. The highest BCUT2D eigenvalue weighted by Gasteiger charge is 2.48. The van der Waals surface area contributed by atoms with E-state index in [-0.39, 0.29) is 18.4 Å². The highest BCUT2D eigenvalue weighted by atomic mass is 16.4. The van der Waals surface area contributed by atoms with E-state index in [1.165, 1.54) is 6.20 Å². The molecule has 0 aromatic carbocycles. The van der Waals surface area contributed by atoms with E-state index >= 15 is 0 Å². The van der Waals surface area contributed by atoms with E-state index in [1.54, 1.807) is 17.0 Å². The molecule has 1 aliphatic heterocycles. The molecule has 1 fully saturated rings. The van der Waals surface area contributed by atoms with Gasteiger partial charge >= 0.3 is 5.97 Å². The van der Waals surface area contributed by atoms with Gasteiger partial charge in [-0.15, -0.1) is 0 Å². The zero-order valence-corrected chi connectivity index (χ0v) is 11.7. The van der Waals surface area contributed by atoms with E-state index in [0.717, 1.165) is 0 Å². The highest BCUT2D eigenvalue weighted by Crippen LogP contribution is 2.38. The van der Waals surface area contributed by atoms with Crippen LogP contribution in [0.4, 0.5) is 5.69 Å². The number of likely N-dealkylation sites (tertiary alicyclic amines) is 1. The molecule has 2 rings (SSSR count). The van der Waals surface area contributed by atoms with E-state index in [4.69, 9.17) is 5.73 Å². The Hall–Kier alpha value is -2.11. The lowest BCUT2D eigenvalue weighted by Gasteiger charge is -2.28. The van der Waals surface area contributed by atoms with Gasteiger partial charge in [0.05, 0.1) is 17.3 Å². The van der Waals surface area contributed by atoms with Crippen molar-refractivity contribution in [1.29, 1.82) is 0 Å². The summed E-state index contributed by atoms with van der Waals surface area (Å²) >= 11 is 0. The summed E-state index contributed by atoms with van der Waals surface area (Å²) in [6.07, 6.45) is 1.90. The summed E-state index contributed by atoms with van der Waals surface area (Å²) in [7, 11) is 0. The van der Waals surface area contributed by atoms with Gasteiger partial charge in [0.1, 0.15) is 5.69 Å². The SMILES string of the molecule is CC(C)C1(C(=O)O)CCN(C(=O)c2ccc(N)cn2)C1. The van der Waals surface area contributed by atoms with Crippen LogP contribution in [0.15, 0.2) is 18.3 Å². The number of carboxylic acids is 1. The van der Waals surface area contributed by atoms with E-state index in [2.05, 4.69) is 4.98 Å². The van der Waals surface area contributed by atoms with Crippen molar-refractivity contribution < 1.29 is 14.7 Å². The number of aliphatic carboxylic acids is 1. The van der Waals surface area contributed by atoms with Gasteiger partial charge in [0.25, 0.3) is 5.91 Å². The molecule has 1 saturated heterocycles. The fourth-order valence-corrected chi connectivity index (χ4v) is 2.59. The lowest BCUT2D eigenvalue weighted by atomic mass is 9.76. The van der Waals surface area contributed by atoms with Crippen LogP contribution in [0.2, 0.25) is 0 Å². The quantitative estimate of drug-likeness (QED) is 0.866. The first kappa shape index (κ1) is 14.3. The fourth-order valence-electron chi connectivity index (χ4n) is 2.59. The Labute approximate surface area is 117 Å². The maximum absolute atomic E-state index is 12.3. The summed E-state index contributed by atoms with van der Waals surface area (Å²) in [4.78, 5) is 29.4. The van der Waals surface area contributed by atoms with Crippen molar-refractivity contribution >= 4 is 17.6 Å². The zero-order valence-electron chi connectivity index (χ0n) is 11.7. The molecule has 1 amide bonds. The largest absolute Gasteiger partial charge is 0.481 e. The summed E-state index contributed by atoms with van der Waals surface area (Å²) in [6.45, 7) is 4.42. The van der Waals surface area contributed by atoms with Crippen LogP contribution >= 0.6 is 0 Å². The third-order valence-electron chi connectivity index (χ3n) is 4.12. The van der Waals surface area contributed by atoms with Crippen LogP contribution in [0.3, 0.4) is 0 Å². The highest BCUT2D eigenvalue weighted by molar-refractivity contribution is 5.93. The smallest absolute Gasteiger partial charge is 0.311 e. The average molecular weight is 277 g/mol.